The molecule has 1 atom stereocenters. The molecule has 0 spiro atoms. The maximum atomic E-state index is 12.0. The lowest BCUT2D eigenvalue weighted by atomic mass is 9.88. The van der Waals surface area contributed by atoms with Crippen LogP contribution >= 0.6 is 0 Å². The van der Waals surface area contributed by atoms with Crippen molar-refractivity contribution in [2.75, 3.05) is 6.54 Å². The summed E-state index contributed by atoms with van der Waals surface area (Å²) in [6.07, 6.45) is 2.74. The topological polar surface area (TPSA) is 66.4 Å². The lowest BCUT2D eigenvalue weighted by Crippen LogP contribution is -2.34. The van der Waals surface area contributed by atoms with Crippen LogP contribution in [-0.2, 0) is 11.2 Å². The van der Waals surface area contributed by atoms with Gasteiger partial charge >= 0.3 is 5.97 Å². The molecule has 0 saturated heterocycles. The van der Waals surface area contributed by atoms with Crippen LogP contribution in [0.4, 0.5) is 0 Å². The summed E-state index contributed by atoms with van der Waals surface area (Å²) in [4.78, 5) is 22.8. The minimum Gasteiger partial charge on any atom is -0.478 e. The van der Waals surface area contributed by atoms with E-state index in [9.17, 15) is 9.59 Å². The predicted molar refractivity (Wildman–Crippen MR) is 83.4 cm³/mol. The van der Waals surface area contributed by atoms with Crippen LogP contribution in [0.25, 0.3) is 0 Å². The highest BCUT2D eigenvalue weighted by molar-refractivity contribution is 5.87. The smallest absolute Gasteiger partial charge is 0.335 e. The zero-order valence-corrected chi connectivity index (χ0v) is 13.1. The van der Waals surface area contributed by atoms with E-state index < -0.39 is 5.97 Å². The number of hydrogen-bond donors (Lipinski definition) is 2. The molecule has 1 unspecified atom stereocenters. The van der Waals surface area contributed by atoms with Crippen LogP contribution in [0, 0.1) is 11.8 Å². The Hall–Kier alpha value is -1.84. The number of amides is 1. The molecular formula is C17H25NO3. The number of nitrogens with one attached hydrogen (secondary N) is 1. The van der Waals surface area contributed by atoms with Gasteiger partial charge in [-0.2, -0.15) is 0 Å². The van der Waals surface area contributed by atoms with Crippen LogP contribution < -0.4 is 5.32 Å². The monoisotopic (exact) mass is 291 g/mol. The standard InChI is InChI=1S/C17H25NO3/c1-4-14(5-2)12(3)16(19)18-11-10-13-6-8-15(9-7-13)17(20)21/h6-9,12,14H,4-5,10-11H2,1-3H3,(H,18,19)(H,20,21). The predicted octanol–water partition coefficient (Wildman–Crippen LogP) is 3.12. The molecule has 0 bridgehead atoms. The Morgan fingerprint density at radius 2 is 1.71 bits per heavy atom. The summed E-state index contributed by atoms with van der Waals surface area (Å²) in [6, 6.07) is 6.76. The number of carbonyl (C=O) groups excluding carboxylic acids is 1. The van der Waals surface area contributed by atoms with Gasteiger partial charge in [0.15, 0.2) is 0 Å². The van der Waals surface area contributed by atoms with Crippen molar-refractivity contribution >= 4 is 11.9 Å². The summed E-state index contributed by atoms with van der Waals surface area (Å²) in [5, 5.41) is 11.8. The van der Waals surface area contributed by atoms with Gasteiger partial charge in [-0.25, -0.2) is 4.79 Å². The van der Waals surface area contributed by atoms with Gasteiger partial charge in [0, 0.05) is 12.5 Å². The van der Waals surface area contributed by atoms with Crippen molar-refractivity contribution in [2.45, 2.75) is 40.0 Å². The van der Waals surface area contributed by atoms with E-state index in [0.29, 0.717) is 18.9 Å². The van der Waals surface area contributed by atoms with Gasteiger partial charge in [-0.15, -0.1) is 0 Å². The molecule has 0 heterocycles. The maximum absolute atomic E-state index is 12.0. The van der Waals surface area contributed by atoms with Crippen LogP contribution in [0.2, 0.25) is 0 Å². The molecule has 0 saturated carbocycles. The minimum absolute atomic E-state index is 0.0365. The first-order valence-corrected chi connectivity index (χ1v) is 7.59. The average Bonchev–Trinajstić information content (AvgIpc) is 2.48. The summed E-state index contributed by atoms with van der Waals surface area (Å²) in [6.45, 7) is 6.79. The van der Waals surface area contributed by atoms with E-state index >= 15 is 0 Å². The molecular weight excluding hydrogens is 266 g/mol. The first-order valence-electron chi connectivity index (χ1n) is 7.59. The quantitative estimate of drug-likeness (QED) is 0.773. The fourth-order valence-electron chi connectivity index (χ4n) is 2.51. The van der Waals surface area contributed by atoms with Gasteiger partial charge in [0.2, 0.25) is 5.91 Å². The fourth-order valence-corrected chi connectivity index (χ4v) is 2.51. The van der Waals surface area contributed by atoms with Crippen molar-refractivity contribution in [2.24, 2.45) is 11.8 Å². The molecule has 21 heavy (non-hydrogen) atoms. The van der Waals surface area contributed by atoms with Gasteiger partial charge in [0.05, 0.1) is 5.56 Å². The molecule has 116 valence electrons. The largest absolute Gasteiger partial charge is 0.478 e. The van der Waals surface area contributed by atoms with E-state index in [1.807, 2.05) is 6.92 Å². The fraction of sp³-hybridized carbons (Fsp3) is 0.529. The van der Waals surface area contributed by atoms with Crippen LogP contribution in [0.5, 0.6) is 0 Å². The molecule has 1 amide bonds. The number of hydrogen-bond acceptors (Lipinski definition) is 2. The van der Waals surface area contributed by atoms with Crippen molar-refractivity contribution in [3.05, 3.63) is 35.4 Å². The number of carboxylic acids is 1. The molecule has 0 fully saturated rings. The van der Waals surface area contributed by atoms with E-state index in [1.165, 1.54) is 0 Å². The van der Waals surface area contributed by atoms with E-state index in [0.717, 1.165) is 18.4 Å². The second kappa shape index (κ2) is 8.45. The Labute approximate surface area is 126 Å². The molecule has 1 aromatic carbocycles. The molecule has 0 aliphatic carbocycles. The van der Waals surface area contributed by atoms with Crippen molar-refractivity contribution in [1.82, 2.24) is 5.32 Å². The van der Waals surface area contributed by atoms with Crippen LogP contribution in [-0.4, -0.2) is 23.5 Å². The number of aromatic carboxylic acids is 1. The molecule has 2 N–H and O–H groups in total. The van der Waals surface area contributed by atoms with E-state index in [-0.39, 0.29) is 17.4 Å². The van der Waals surface area contributed by atoms with Crippen LogP contribution in [0.3, 0.4) is 0 Å². The zero-order valence-electron chi connectivity index (χ0n) is 13.1. The molecule has 0 aliphatic rings. The highest BCUT2D eigenvalue weighted by Gasteiger charge is 2.20. The van der Waals surface area contributed by atoms with Gasteiger partial charge in [-0.1, -0.05) is 45.7 Å². The Morgan fingerprint density at radius 3 is 2.19 bits per heavy atom. The van der Waals surface area contributed by atoms with Crippen molar-refractivity contribution in [1.29, 1.82) is 0 Å². The average molecular weight is 291 g/mol. The highest BCUT2D eigenvalue weighted by atomic mass is 16.4. The maximum Gasteiger partial charge on any atom is 0.335 e. The summed E-state index contributed by atoms with van der Waals surface area (Å²) in [5.41, 5.74) is 1.31. The molecule has 4 heteroatoms. The van der Waals surface area contributed by atoms with E-state index in [4.69, 9.17) is 5.11 Å². The van der Waals surface area contributed by atoms with Gasteiger partial charge in [0.25, 0.3) is 0 Å². The Kier molecular flexibility index (Phi) is 6.92. The lowest BCUT2D eigenvalue weighted by Gasteiger charge is -2.20. The third kappa shape index (κ3) is 5.21. The Bertz CT molecular complexity index is 463. The van der Waals surface area contributed by atoms with Crippen LogP contribution in [0.1, 0.15) is 49.5 Å². The molecule has 4 nitrogen and oxygen atoms in total. The summed E-state index contributed by atoms with van der Waals surface area (Å²) in [5.74, 6) is -0.353. The van der Waals surface area contributed by atoms with E-state index in [2.05, 4.69) is 19.2 Å². The Balaban J connectivity index is 2.42. The summed E-state index contributed by atoms with van der Waals surface area (Å²) in [7, 11) is 0. The lowest BCUT2D eigenvalue weighted by molar-refractivity contribution is -0.126. The Morgan fingerprint density at radius 1 is 1.14 bits per heavy atom. The second-order valence-electron chi connectivity index (χ2n) is 5.41. The van der Waals surface area contributed by atoms with Gasteiger partial charge in [-0.05, 0) is 30.0 Å². The van der Waals surface area contributed by atoms with Crippen LogP contribution in [0.15, 0.2) is 24.3 Å². The van der Waals surface area contributed by atoms with Crippen molar-refractivity contribution in [3.63, 3.8) is 0 Å². The molecule has 0 aliphatic heterocycles. The van der Waals surface area contributed by atoms with Crippen molar-refractivity contribution < 1.29 is 14.7 Å². The first kappa shape index (κ1) is 17.2. The molecule has 0 radical (unpaired) electrons. The zero-order chi connectivity index (χ0) is 15.8. The van der Waals surface area contributed by atoms with Gasteiger partial charge in [-0.3, -0.25) is 4.79 Å². The number of carbonyl (C=O) groups is 2. The highest BCUT2D eigenvalue weighted by Crippen LogP contribution is 2.19. The number of rotatable bonds is 8. The third-order valence-corrected chi connectivity index (χ3v) is 4.08. The molecule has 1 rings (SSSR count). The summed E-state index contributed by atoms with van der Waals surface area (Å²) < 4.78 is 0. The molecule has 1 aromatic rings. The number of benzene rings is 1. The normalized spacial score (nSPS) is 12.2. The first-order chi connectivity index (χ1) is 9.99. The van der Waals surface area contributed by atoms with E-state index in [1.54, 1.807) is 24.3 Å². The second-order valence-corrected chi connectivity index (χ2v) is 5.41. The number of carboxylic acid groups (broad SMARTS) is 1. The third-order valence-electron chi connectivity index (χ3n) is 4.08. The molecule has 0 aromatic heterocycles. The minimum atomic E-state index is -0.922. The van der Waals surface area contributed by atoms with Gasteiger partial charge < -0.3 is 10.4 Å². The van der Waals surface area contributed by atoms with Crippen molar-refractivity contribution in [3.8, 4) is 0 Å². The van der Waals surface area contributed by atoms with Gasteiger partial charge in [0.1, 0.15) is 0 Å². The SMILES string of the molecule is CCC(CC)C(C)C(=O)NCCc1ccc(C(=O)O)cc1. The summed E-state index contributed by atoms with van der Waals surface area (Å²) >= 11 is 0.